The van der Waals surface area contributed by atoms with Crippen molar-refractivity contribution in [3.05, 3.63) is 0 Å². The Balaban J connectivity index is -0.000000438. The van der Waals surface area contributed by atoms with Gasteiger partial charge in [0.25, 0.3) is 5.92 Å². The molecule has 0 fully saturated rings. The Morgan fingerprint density at radius 2 is 1.24 bits per heavy atom. The quantitative estimate of drug-likeness (QED) is 0.390. The highest BCUT2D eigenvalue weighted by molar-refractivity contribution is 7.86. The minimum absolute atomic E-state index is 0.500. The van der Waals surface area contributed by atoms with Crippen LogP contribution in [-0.2, 0) is 19.8 Å². The zero-order valence-electron chi connectivity index (χ0n) is 13.4. The summed E-state index contributed by atoms with van der Waals surface area (Å²) in [6, 6.07) is 0. The fourth-order valence-electron chi connectivity index (χ4n) is 0.729. The van der Waals surface area contributed by atoms with Crippen molar-refractivity contribution in [3.63, 3.8) is 0 Å². The van der Waals surface area contributed by atoms with Gasteiger partial charge in [0.15, 0.2) is 6.67 Å². The first kappa shape index (κ1) is 32.5. The van der Waals surface area contributed by atoms with Gasteiger partial charge in [-0.25, -0.2) is 13.2 Å². The fraction of sp³-hybridized carbons (Fsp3) is 1.00. The lowest BCUT2D eigenvalue weighted by molar-refractivity contribution is -0.403. The molecule has 0 aromatic heterocycles. The Bertz CT molecular complexity index is 560. The van der Waals surface area contributed by atoms with Crippen molar-refractivity contribution >= 4 is 10.1 Å². The molecule has 180 valence electrons. The van der Waals surface area contributed by atoms with Crippen LogP contribution in [0.25, 0.3) is 0 Å². The summed E-state index contributed by atoms with van der Waals surface area (Å²) < 4.78 is 190. The summed E-state index contributed by atoms with van der Waals surface area (Å²) in [6.45, 7) is -4.39. The largest absolute Gasteiger partial charge is 0.467 e. The van der Waals surface area contributed by atoms with Gasteiger partial charge in [-0.2, -0.15) is 47.9 Å². The lowest BCUT2D eigenvalue weighted by Gasteiger charge is -2.20. The van der Waals surface area contributed by atoms with Crippen molar-refractivity contribution in [2.24, 2.45) is 0 Å². The molecule has 0 spiro atoms. The minimum atomic E-state index is -6.42. The topological polar surface area (TPSA) is 72.8 Å². The first-order valence-corrected chi connectivity index (χ1v) is 7.40. The maximum atomic E-state index is 12.2. The summed E-state index contributed by atoms with van der Waals surface area (Å²) in [5.41, 5.74) is 0. The molecule has 1 N–H and O–H groups in total. The molecule has 0 heterocycles. The van der Waals surface area contributed by atoms with Crippen LogP contribution in [0.3, 0.4) is 0 Å². The average molecular weight is 496 g/mol. The van der Waals surface area contributed by atoms with Crippen LogP contribution in [0.15, 0.2) is 0 Å². The lowest BCUT2D eigenvalue weighted by Crippen LogP contribution is -2.47. The van der Waals surface area contributed by atoms with E-state index in [0.29, 0.717) is 7.18 Å². The zero-order chi connectivity index (χ0) is 24.5. The van der Waals surface area contributed by atoms with Crippen molar-refractivity contribution in [2.75, 3.05) is 20.5 Å². The van der Waals surface area contributed by atoms with Gasteiger partial charge in [0, 0.05) is 0 Å². The van der Waals surface area contributed by atoms with E-state index in [4.69, 9.17) is 4.55 Å². The molecule has 0 aromatic rings. The third-order valence-electron chi connectivity index (χ3n) is 1.86. The van der Waals surface area contributed by atoms with E-state index >= 15 is 0 Å². The molecule has 0 aliphatic carbocycles. The summed E-state index contributed by atoms with van der Waals surface area (Å²) >= 11 is 0. The highest BCUT2D eigenvalue weighted by Gasteiger charge is 2.68. The molecule has 20 heteroatoms. The maximum Gasteiger partial charge on any atom is 0.467 e. The predicted octanol–water partition coefficient (Wildman–Crippen LogP) is 4.70. The maximum absolute atomic E-state index is 12.2. The molecule has 0 aromatic carbocycles. The second-order valence-corrected chi connectivity index (χ2v) is 5.76. The highest BCUT2D eigenvalue weighted by atomic mass is 32.2. The van der Waals surface area contributed by atoms with Crippen LogP contribution < -0.4 is 0 Å². The summed E-state index contributed by atoms with van der Waals surface area (Å²) in [4.78, 5) is 1.41. The van der Waals surface area contributed by atoms with E-state index in [-0.39, 0.29) is 0 Å². The van der Waals surface area contributed by atoms with Crippen molar-refractivity contribution in [2.45, 2.75) is 36.0 Å². The van der Waals surface area contributed by atoms with Gasteiger partial charge in [0.2, 0.25) is 0 Å². The monoisotopic (exact) mass is 496 g/mol. The molecule has 0 bridgehead atoms. The van der Waals surface area contributed by atoms with Gasteiger partial charge < -0.3 is 4.74 Å². The minimum Gasteiger partial charge on any atom is -0.314 e. The molecule has 5 nitrogen and oxygen atoms in total. The standard InChI is InChI=1S/C6H6F8O.C2HF5O4S.CH3F/c7-2-4(8,9)3-15-6(13,14)1-5(10,11)12;3-1(4,11-7)2(5,6)12(8,9)10;1-2/h1-3H2;(H,8,9,10);1H3. The third kappa shape index (κ3) is 12.9. The van der Waals surface area contributed by atoms with Crippen LogP contribution in [0.5, 0.6) is 0 Å². The molecule has 0 rings (SSSR count). The SMILES string of the molecule is CF.FCC(F)(F)COC(F)(F)CC(F)(F)F.O=S(=O)(O)C(F)(F)C(F)(F)OF. The number of ether oxygens (including phenoxy) is 1. The Labute approximate surface area is 152 Å². The smallest absolute Gasteiger partial charge is 0.314 e. The molecule has 0 aliphatic rings. The molecule has 0 radical (unpaired) electrons. The molecule has 29 heavy (non-hydrogen) atoms. The number of hydrogen-bond acceptors (Lipinski definition) is 4. The summed E-state index contributed by atoms with van der Waals surface area (Å²) in [7, 11) is -5.92. The van der Waals surface area contributed by atoms with Crippen LogP contribution in [0.2, 0.25) is 0 Å². The second kappa shape index (κ2) is 11.3. The first-order valence-electron chi connectivity index (χ1n) is 5.96. The summed E-state index contributed by atoms with van der Waals surface area (Å²) in [6.07, 6.45) is -18.6. The Morgan fingerprint density at radius 3 is 1.45 bits per heavy atom. The van der Waals surface area contributed by atoms with Gasteiger partial charge in [-0.3, -0.25) is 8.94 Å². The van der Waals surface area contributed by atoms with Crippen LogP contribution >= 0.6 is 0 Å². The normalized spacial score (nSPS) is 13.8. The highest BCUT2D eigenvalue weighted by Crippen LogP contribution is 2.39. The van der Waals surface area contributed by atoms with Crippen molar-refractivity contribution in [1.82, 2.24) is 0 Å². The fourth-order valence-corrected chi connectivity index (χ4v) is 1.06. The van der Waals surface area contributed by atoms with E-state index in [0.717, 1.165) is 0 Å². The van der Waals surface area contributed by atoms with Crippen LogP contribution in [0.1, 0.15) is 6.42 Å². The third-order valence-corrected chi connectivity index (χ3v) is 2.74. The zero-order valence-corrected chi connectivity index (χ0v) is 14.2. The average Bonchev–Trinajstić information content (AvgIpc) is 2.52. The molecule has 0 aliphatic heterocycles. The van der Waals surface area contributed by atoms with Gasteiger partial charge >= 0.3 is 33.8 Å². The van der Waals surface area contributed by atoms with Crippen LogP contribution in [0.4, 0.5) is 61.6 Å². The Kier molecular flexibility index (Phi) is 12.7. The number of hydrogen-bond donors (Lipinski definition) is 1. The number of rotatable bonds is 8. The Morgan fingerprint density at radius 1 is 0.862 bits per heavy atom. The van der Waals surface area contributed by atoms with E-state index in [1.807, 2.05) is 0 Å². The van der Waals surface area contributed by atoms with E-state index in [1.165, 1.54) is 4.94 Å². The van der Waals surface area contributed by atoms with Gasteiger partial charge in [-0.05, 0) is 4.53 Å². The lowest BCUT2D eigenvalue weighted by atomic mass is 10.3. The molecular weight excluding hydrogens is 486 g/mol. The van der Waals surface area contributed by atoms with Gasteiger partial charge in [-0.1, -0.05) is 0 Å². The second-order valence-electron chi connectivity index (χ2n) is 4.29. The van der Waals surface area contributed by atoms with E-state index in [2.05, 4.69) is 4.74 Å². The van der Waals surface area contributed by atoms with E-state index in [9.17, 15) is 70.0 Å². The predicted molar refractivity (Wildman–Crippen MR) is 63.2 cm³/mol. The van der Waals surface area contributed by atoms with Gasteiger partial charge in [0.1, 0.15) is 13.0 Å². The van der Waals surface area contributed by atoms with Crippen molar-refractivity contribution < 1.29 is 84.3 Å². The molecule has 0 saturated heterocycles. The van der Waals surface area contributed by atoms with Crippen LogP contribution in [0, 0.1) is 0 Å². The number of alkyl halides is 13. The Hall–Kier alpha value is -1.15. The molecule has 0 unspecified atom stereocenters. The summed E-state index contributed by atoms with van der Waals surface area (Å²) in [5, 5.41) is -6.02. The van der Waals surface area contributed by atoms with Gasteiger partial charge in [-0.15, -0.1) is 4.94 Å². The molecule has 0 amide bonds. The van der Waals surface area contributed by atoms with E-state index < -0.39 is 59.4 Å². The van der Waals surface area contributed by atoms with Gasteiger partial charge in [0.05, 0.1) is 7.18 Å². The summed E-state index contributed by atoms with van der Waals surface area (Å²) in [5.74, 6) is -4.21. The van der Waals surface area contributed by atoms with Crippen molar-refractivity contribution in [3.8, 4) is 0 Å². The van der Waals surface area contributed by atoms with Crippen molar-refractivity contribution in [1.29, 1.82) is 0 Å². The van der Waals surface area contributed by atoms with Crippen LogP contribution in [-0.4, -0.2) is 63.0 Å². The van der Waals surface area contributed by atoms with E-state index in [1.54, 1.807) is 0 Å². The number of halogens is 14. The molecule has 0 atom stereocenters. The first-order chi connectivity index (χ1) is 12.5. The molecular formula is C9H10F14O5S. The molecule has 0 saturated carbocycles.